The molecule has 4 aromatic heterocycles. The topological polar surface area (TPSA) is 132 Å². The molecule has 5 heterocycles. The summed E-state index contributed by atoms with van der Waals surface area (Å²) >= 11 is 7.43. The van der Waals surface area contributed by atoms with Crippen molar-refractivity contribution in [2.24, 2.45) is 11.3 Å². The lowest BCUT2D eigenvalue weighted by Gasteiger charge is -2.22. The summed E-state index contributed by atoms with van der Waals surface area (Å²) in [6, 6.07) is 10.1. The van der Waals surface area contributed by atoms with Gasteiger partial charge in [-0.25, -0.2) is 24.6 Å². The predicted octanol–water partition coefficient (Wildman–Crippen LogP) is 6.98. The highest BCUT2D eigenvalue weighted by atomic mass is 35.5. The number of nitrogens with zero attached hydrogens (tertiary/aromatic N) is 6. The van der Waals surface area contributed by atoms with E-state index in [0.29, 0.717) is 22.6 Å². The molecule has 0 spiro atoms. The van der Waals surface area contributed by atoms with Crippen LogP contribution in [0.3, 0.4) is 0 Å². The van der Waals surface area contributed by atoms with Crippen LogP contribution in [0, 0.1) is 11.3 Å². The second-order valence-electron chi connectivity index (χ2n) is 13.2. The van der Waals surface area contributed by atoms with Gasteiger partial charge < -0.3 is 15.4 Å². The van der Waals surface area contributed by atoms with Crippen molar-refractivity contribution in [3.05, 3.63) is 77.6 Å². The molecule has 11 nitrogen and oxygen atoms in total. The van der Waals surface area contributed by atoms with Gasteiger partial charge in [-0.05, 0) is 89.1 Å². The summed E-state index contributed by atoms with van der Waals surface area (Å²) < 4.78 is 49.1. The van der Waals surface area contributed by atoms with Gasteiger partial charge >= 0.3 is 6.18 Å². The zero-order valence-corrected chi connectivity index (χ0v) is 28.6. The van der Waals surface area contributed by atoms with E-state index in [1.165, 1.54) is 23.1 Å². The average Bonchev–Trinajstić information content (AvgIpc) is 3.60. The molecule has 1 saturated carbocycles. The van der Waals surface area contributed by atoms with E-state index in [1.54, 1.807) is 18.3 Å². The molecule has 0 aromatic carbocycles. The third-order valence-corrected chi connectivity index (χ3v) is 9.98. The number of alkyl halides is 3. The van der Waals surface area contributed by atoms with Crippen molar-refractivity contribution in [2.75, 3.05) is 18.5 Å². The van der Waals surface area contributed by atoms with Gasteiger partial charge in [0.25, 0.3) is 5.91 Å². The SMILES string of the molecule is CC1(C)C[C@H](CCC(Nc2cccc(SNC(=O)c3ccc(-n4ccc(OCCC5(C(F)(F)F)CC5)n4)nc3Cl)n2)c2cncnc2)CN1. The molecule has 1 aliphatic carbocycles. The number of carbonyl (C=O) groups excluding carboxylic acids is 1. The third kappa shape index (κ3) is 8.81. The van der Waals surface area contributed by atoms with E-state index in [4.69, 9.17) is 21.3 Å². The molecule has 0 radical (unpaired) electrons. The van der Waals surface area contributed by atoms with Crippen molar-refractivity contribution < 1.29 is 22.7 Å². The van der Waals surface area contributed by atoms with Crippen molar-refractivity contribution in [3.63, 3.8) is 0 Å². The lowest BCUT2D eigenvalue weighted by Crippen LogP contribution is -2.31. The quantitative estimate of drug-likeness (QED) is 0.0929. The molecule has 6 rings (SSSR count). The van der Waals surface area contributed by atoms with Gasteiger partial charge in [0.2, 0.25) is 5.88 Å². The first-order valence-electron chi connectivity index (χ1n) is 16.0. The van der Waals surface area contributed by atoms with Crippen LogP contribution in [0.25, 0.3) is 5.82 Å². The number of carbonyl (C=O) groups is 1. The van der Waals surface area contributed by atoms with Gasteiger partial charge in [-0.15, -0.1) is 5.10 Å². The van der Waals surface area contributed by atoms with Crippen LogP contribution in [0.2, 0.25) is 5.15 Å². The molecule has 16 heteroatoms. The monoisotopic (exact) mass is 715 g/mol. The Morgan fingerprint density at radius 3 is 2.65 bits per heavy atom. The second-order valence-corrected chi connectivity index (χ2v) is 14.3. The highest BCUT2D eigenvalue weighted by Gasteiger charge is 2.62. The summed E-state index contributed by atoms with van der Waals surface area (Å²) in [4.78, 5) is 30.4. The first kappa shape index (κ1) is 34.9. The molecule has 1 aliphatic heterocycles. The Balaban J connectivity index is 1.03. The lowest BCUT2D eigenvalue weighted by molar-refractivity contribution is -0.190. The lowest BCUT2D eigenvalue weighted by atomic mass is 9.91. The molecule has 2 aliphatic rings. The number of amides is 1. The van der Waals surface area contributed by atoms with Gasteiger partial charge in [0.1, 0.15) is 22.3 Å². The maximum absolute atomic E-state index is 13.2. The van der Waals surface area contributed by atoms with Crippen LogP contribution in [0.5, 0.6) is 5.88 Å². The van der Waals surface area contributed by atoms with Crippen LogP contribution in [0.4, 0.5) is 19.0 Å². The fraction of sp³-hybridized carbons (Fsp3) is 0.455. The minimum Gasteiger partial charge on any atom is -0.477 e. The van der Waals surface area contributed by atoms with Crippen LogP contribution in [-0.4, -0.2) is 60.5 Å². The zero-order valence-electron chi connectivity index (χ0n) is 27.0. The normalized spacial score (nSPS) is 18.5. The predicted molar refractivity (Wildman–Crippen MR) is 180 cm³/mol. The minimum absolute atomic E-state index is 0.0442. The highest BCUT2D eigenvalue weighted by Crippen LogP contribution is 2.59. The number of halogens is 4. The summed E-state index contributed by atoms with van der Waals surface area (Å²) in [6.07, 6.45) is 5.61. The van der Waals surface area contributed by atoms with Gasteiger partial charge in [0.15, 0.2) is 5.82 Å². The number of ether oxygens (including phenoxy) is 1. The molecule has 3 N–H and O–H groups in total. The largest absolute Gasteiger partial charge is 0.477 e. The first-order chi connectivity index (χ1) is 23.4. The molecule has 2 atom stereocenters. The van der Waals surface area contributed by atoms with Gasteiger partial charge in [-0.1, -0.05) is 17.7 Å². The van der Waals surface area contributed by atoms with E-state index in [-0.39, 0.29) is 54.0 Å². The Hall–Kier alpha value is -3.95. The maximum atomic E-state index is 13.2. The molecule has 1 saturated heterocycles. The van der Waals surface area contributed by atoms with E-state index >= 15 is 0 Å². The minimum atomic E-state index is -4.23. The number of anilines is 1. The van der Waals surface area contributed by atoms with E-state index in [0.717, 1.165) is 43.3 Å². The van der Waals surface area contributed by atoms with E-state index in [9.17, 15) is 18.0 Å². The van der Waals surface area contributed by atoms with Gasteiger partial charge in [-0.2, -0.15) is 13.2 Å². The number of rotatable bonds is 14. The molecule has 4 aromatic rings. The summed E-state index contributed by atoms with van der Waals surface area (Å²) in [6.45, 7) is 5.35. The third-order valence-electron chi connectivity index (χ3n) is 8.97. The van der Waals surface area contributed by atoms with Crippen molar-refractivity contribution in [1.29, 1.82) is 0 Å². The summed E-state index contributed by atoms with van der Waals surface area (Å²) in [5.41, 5.74) is -0.375. The van der Waals surface area contributed by atoms with Crippen molar-refractivity contribution in [2.45, 2.75) is 75.2 Å². The van der Waals surface area contributed by atoms with Gasteiger partial charge in [0.05, 0.1) is 23.6 Å². The van der Waals surface area contributed by atoms with Gasteiger partial charge in [0, 0.05) is 47.7 Å². The number of hydrogen-bond acceptors (Lipinski definition) is 10. The van der Waals surface area contributed by atoms with Crippen molar-refractivity contribution in [3.8, 4) is 11.7 Å². The number of aromatic nitrogens is 6. The number of nitrogens with one attached hydrogen (secondary N) is 3. The smallest absolute Gasteiger partial charge is 0.394 e. The van der Waals surface area contributed by atoms with E-state index in [2.05, 4.69) is 49.3 Å². The Morgan fingerprint density at radius 1 is 1.16 bits per heavy atom. The summed E-state index contributed by atoms with van der Waals surface area (Å²) in [7, 11) is 0. The molecule has 0 bridgehead atoms. The maximum Gasteiger partial charge on any atom is 0.394 e. The van der Waals surface area contributed by atoms with Crippen LogP contribution in [0.1, 0.15) is 74.3 Å². The zero-order chi connectivity index (χ0) is 34.6. The van der Waals surface area contributed by atoms with E-state index in [1.807, 2.05) is 24.5 Å². The molecular weight excluding hydrogens is 679 g/mol. The Kier molecular flexibility index (Phi) is 10.3. The Labute approximate surface area is 291 Å². The van der Waals surface area contributed by atoms with Crippen molar-refractivity contribution in [1.82, 2.24) is 39.8 Å². The fourth-order valence-electron chi connectivity index (χ4n) is 6.00. The number of pyridine rings is 2. The molecule has 2 fully saturated rings. The molecular formula is C33H37ClF3N9O2S. The average molecular weight is 716 g/mol. The van der Waals surface area contributed by atoms with Crippen LogP contribution in [-0.2, 0) is 0 Å². The van der Waals surface area contributed by atoms with Crippen LogP contribution in [0.15, 0.2) is 66.3 Å². The van der Waals surface area contributed by atoms with Crippen LogP contribution < -0.4 is 20.1 Å². The van der Waals surface area contributed by atoms with Gasteiger partial charge in [-0.3, -0.25) is 9.52 Å². The van der Waals surface area contributed by atoms with Crippen molar-refractivity contribution >= 4 is 35.3 Å². The molecule has 260 valence electrons. The molecule has 49 heavy (non-hydrogen) atoms. The highest BCUT2D eigenvalue weighted by molar-refractivity contribution is 7.97. The second kappa shape index (κ2) is 14.5. The van der Waals surface area contributed by atoms with Crippen LogP contribution >= 0.6 is 23.5 Å². The summed E-state index contributed by atoms with van der Waals surface area (Å²) in [5, 5.41) is 11.9. The fourth-order valence-corrected chi connectivity index (χ4v) is 6.83. The Bertz CT molecular complexity index is 1750. The standard InChI is InChI=1S/C33H37ClF3N9O2S/c1-31(2)16-21(17-40-31)6-8-24(22-18-38-20-39-19-22)41-25-4-3-5-28(42-25)49-45-30(47)23-7-9-26(43-29(23)34)46-14-10-27(44-46)48-15-13-32(11-12-32)33(35,36)37/h3-5,7,9-10,14,18-21,24,40H,6,8,11-13,15-17H2,1-2H3,(H,41,42)(H,45,47)/t21-,24?/m0/s1. The van der Waals surface area contributed by atoms with E-state index < -0.39 is 17.5 Å². The molecule has 1 unspecified atom stereocenters. The molecule has 1 amide bonds. The Morgan fingerprint density at radius 2 is 1.96 bits per heavy atom. The number of hydrogen-bond donors (Lipinski definition) is 3. The first-order valence-corrected chi connectivity index (χ1v) is 17.2. The summed E-state index contributed by atoms with van der Waals surface area (Å²) in [5.74, 6) is 1.23.